The number of rotatable bonds is 4. The number of piperidine rings is 1. The Kier molecular flexibility index (Phi) is 3.13. The van der Waals surface area contributed by atoms with E-state index in [0.29, 0.717) is 11.3 Å². The zero-order valence-corrected chi connectivity index (χ0v) is 11.5. The fourth-order valence-corrected chi connectivity index (χ4v) is 4.26. The molecule has 2 saturated carbocycles. The van der Waals surface area contributed by atoms with E-state index in [-0.39, 0.29) is 0 Å². The molecule has 3 N–H and O–H groups in total. The van der Waals surface area contributed by atoms with Crippen molar-refractivity contribution in [3.05, 3.63) is 0 Å². The second-order valence-electron chi connectivity index (χ2n) is 7.19. The van der Waals surface area contributed by atoms with Gasteiger partial charge in [-0.1, -0.05) is 12.8 Å². The summed E-state index contributed by atoms with van der Waals surface area (Å²) in [6, 6.07) is 0. The lowest BCUT2D eigenvalue weighted by molar-refractivity contribution is 0.0927. The number of hydrogen-bond donors (Lipinski definition) is 2. The molecule has 3 rings (SSSR count). The number of nitrogens with one attached hydrogen (secondary N) is 1. The van der Waals surface area contributed by atoms with Gasteiger partial charge in [0.25, 0.3) is 0 Å². The minimum atomic E-state index is 0.386. The summed E-state index contributed by atoms with van der Waals surface area (Å²) in [6.45, 7) is 3.78. The van der Waals surface area contributed by atoms with Gasteiger partial charge >= 0.3 is 0 Å². The Morgan fingerprint density at radius 1 is 1.00 bits per heavy atom. The molecule has 3 nitrogen and oxygen atoms in total. The van der Waals surface area contributed by atoms with E-state index >= 15 is 0 Å². The van der Waals surface area contributed by atoms with Crippen molar-refractivity contribution in [2.75, 3.05) is 19.6 Å². The van der Waals surface area contributed by atoms with Gasteiger partial charge in [0, 0.05) is 13.0 Å². The van der Waals surface area contributed by atoms with Crippen LogP contribution in [0.25, 0.3) is 0 Å². The first-order chi connectivity index (χ1) is 8.62. The molecule has 0 aromatic heterocycles. The quantitative estimate of drug-likeness (QED) is 0.594. The Morgan fingerprint density at radius 2 is 1.61 bits per heavy atom. The Hall–Kier alpha value is -0.570. The van der Waals surface area contributed by atoms with Crippen molar-refractivity contribution in [3.63, 3.8) is 0 Å². The van der Waals surface area contributed by atoms with Crippen molar-refractivity contribution >= 4 is 5.84 Å². The first kappa shape index (κ1) is 12.5. The van der Waals surface area contributed by atoms with Gasteiger partial charge in [-0.25, -0.2) is 0 Å². The van der Waals surface area contributed by atoms with Crippen LogP contribution >= 0.6 is 0 Å². The number of likely N-dealkylation sites (tertiary alicyclic amines) is 1. The molecule has 0 unspecified atom stereocenters. The van der Waals surface area contributed by atoms with Gasteiger partial charge in [0.1, 0.15) is 0 Å². The Bertz CT molecular complexity index is 317. The minimum absolute atomic E-state index is 0.386. The highest BCUT2D eigenvalue weighted by Gasteiger charge is 2.45. The zero-order valence-electron chi connectivity index (χ0n) is 11.5. The van der Waals surface area contributed by atoms with Gasteiger partial charge < -0.3 is 10.6 Å². The molecule has 0 bridgehead atoms. The molecule has 102 valence electrons. The highest BCUT2D eigenvalue weighted by Crippen LogP contribution is 2.51. The fourth-order valence-electron chi connectivity index (χ4n) is 4.26. The molecule has 0 aromatic rings. The van der Waals surface area contributed by atoms with Crippen molar-refractivity contribution in [1.29, 1.82) is 5.41 Å². The highest BCUT2D eigenvalue weighted by atomic mass is 15.1. The van der Waals surface area contributed by atoms with Crippen LogP contribution in [0.4, 0.5) is 0 Å². The summed E-state index contributed by atoms with van der Waals surface area (Å²) in [5, 5.41) is 7.50. The number of hydrogen-bond acceptors (Lipinski definition) is 2. The van der Waals surface area contributed by atoms with Gasteiger partial charge in [-0.2, -0.15) is 0 Å². The Morgan fingerprint density at radius 3 is 2.11 bits per heavy atom. The van der Waals surface area contributed by atoms with Gasteiger partial charge in [0.2, 0.25) is 0 Å². The predicted molar refractivity (Wildman–Crippen MR) is 74.8 cm³/mol. The Labute approximate surface area is 111 Å². The smallest absolute Gasteiger partial charge is 0.0911 e. The van der Waals surface area contributed by atoms with Crippen LogP contribution < -0.4 is 5.73 Å². The lowest BCUT2D eigenvalue weighted by Crippen LogP contribution is -2.42. The highest BCUT2D eigenvalue weighted by molar-refractivity contribution is 5.78. The second-order valence-corrected chi connectivity index (χ2v) is 7.19. The molecule has 3 heteroatoms. The van der Waals surface area contributed by atoms with Crippen LogP contribution in [0.5, 0.6) is 0 Å². The molecule has 3 fully saturated rings. The van der Waals surface area contributed by atoms with Crippen LogP contribution in [-0.2, 0) is 0 Å². The lowest BCUT2D eigenvalue weighted by atomic mass is 9.77. The van der Waals surface area contributed by atoms with Crippen molar-refractivity contribution in [2.24, 2.45) is 16.6 Å². The maximum Gasteiger partial charge on any atom is 0.0911 e. The van der Waals surface area contributed by atoms with Crippen LogP contribution in [-0.4, -0.2) is 30.4 Å². The first-order valence-electron chi connectivity index (χ1n) is 7.67. The average molecular weight is 249 g/mol. The molecule has 1 aliphatic heterocycles. The van der Waals surface area contributed by atoms with E-state index in [1.165, 1.54) is 71.0 Å². The molecule has 3 aliphatic rings. The topological polar surface area (TPSA) is 53.1 Å². The van der Waals surface area contributed by atoms with Crippen molar-refractivity contribution in [3.8, 4) is 0 Å². The molecule has 0 atom stereocenters. The van der Waals surface area contributed by atoms with Gasteiger partial charge in [0.15, 0.2) is 0 Å². The molecule has 2 aliphatic carbocycles. The van der Waals surface area contributed by atoms with Gasteiger partial charge in [0.05, 0.1) is 5.84 Å². The number of nitrogens with two attached hydrogens (primary N) is 1. The van der Waals surface area contributed by atoms with Gasteiger partial charge in [-0.3, -0.25) is 5.41 Å². The number of amidine groups is 1. The summed E-state index contributed by atoms with van der Waals surface area (Å²) in [7, 11) is 0. The van der Waals surface area contributed by atoms with E-state index in [4.69, 9.17) is 11.1 Å². The van der Waals surface area contributed by atoms with Gasteiger partial charge in [-0.15, -0.1) is 0 Å². The van der Waals surface area contributed by atoms with E-state index in [0.717, 1.165) is 11.8 Å². The van der Waals surface area contributed by atoms with E-state index in [2.05, 4.69) is 4.90 Å². The minimum Gasteiger partial charge on any atom is -0.388 e. The molecule has 0 amide bonds. The summed E-state index contributed by atoms with van der Waals surface area (Å²) in [5.41, 5.74) is 6.71. The van der Waals surface area contributed by atoms with Crippen LogP contribution in [0.3, 0.4) is 0 Å². The average Bonchev–Trinajstić information content (AvgIpc) is 2.91. The Balaban J connectivity index is 1.50. The summed E-state index contributed by atoms with van der Waals surface area (Å²) < 4.78 is 0. The van der Waals surface area contributed by atoms with E-state index in [1.807, 2.05) is 0 Å². The van der Waals surface area contributed by atoms with Crippen LogP contribution in [0.2, 0.25) is 0 Å². The molecule has 1 heterocycles. The monoisotopic (exact) mass is 249 g/mol. The molecular weight excluding hydrogens is 222 g/mol. The maximum absolute atomic E-state index is 7.50. The molecule has 0 radical (unpaired) electrons. The predicted octanol–water partition coefficient (Wildman–Crippen LogP) is 2.75. The molecule has 1 spiro atoms. The van der Waals surface area contributed by atoms with E-state index in [1.54, 1.807) is 0 Å². The third-order valence-corrected chi connectivity index (χ3v) is 5.66. The maximum atomic E-state index is 7.50. The standard InChI is InChI=1S/C15H27N3/c16-13(17)11-15(5-6-15)12-18-9-7-14(8-10-18)3-1-2-4-14/h1-12H2,(H3,16,17). The van der Waals surface area contributed by atoms with Crippen molar-refractivity contribution < 1.29 is 0 Å². The summed E-state index contributed by atoms with van der Waals surface area (Å²) >= 11 is 0. The molecule has 1 saturated heterocycles. The SMILES string of the molecule is N=C(N)CC1(CN2CCC3(CCCC3)CC2)CC1. The van der Waals surface area contributed by atoms with E-state index in [9.17, 15) is 0 Å². The van der Waals surface area contributed by atoms with Gasteiger partial charge in [-0.05, 0) is 62.4 Å². The summed E-state index contributed by atoms with van der Waals surface area (Å²) in [5.74, 6) is 0.386. The largest absolute Gasteiger partial charge is 0.388 e. The van der Waals surface area contributed by atoms with Crippen LogP contribution in [0.1, 0.15) is 57.8 Å². The zero-order chi connectivity index (χ0) is 12.6. The van der Waals surface area contributed by atoms with Crippen molar-refractivity contribution in [2.45, 2.75) is 57.8 Å². The second kappa shape index (κ2) is 4.52. The third-order valence-electron chi connectivity index (χ3n) is 5.66. The van der Waals surface area contributed by atoms with Crippen molar-refractivity contribution in [1.82, 2.24) is 4.90 Å². The molecule has 18 heavy (non-hydrogen) atoms. The number of nitrogens with zero attached hydrogens (tertiary/aromatic N) is 1. The summed E-state index contributed by atoms with van der Waals surface area (Å²) in [6.07, 6.45) is 12.1. The third kappa shape index (κ3) is 2.56. The molecule has 0 aromatic carbocycles. The fraction of sp³-hybridized carbons (Fsp3) is 0.933. The van der Waals surface area contributed by atoms with Crippen LogP contribution in [0.15, 0.2) is 0 Å². The first-order valence-corrected chi connectivity index (χ1v) is 7.67. The van der Waals surface area contributed by atoms with E-state index < -0.39 is 0 Å². The lowest BCUT2D eigenvalue weighted by Gasteiger charge is -2.40. The van der Waals surface area contributed by atoms with Crippen LogP contribution in [0, 0.1) is 16.2 Å². The molecular formula is C15H27N3. The normalized spacial score (nSPS) is 29.6. The summed E-state index contributed by atoms with van der Waals surface area (Å²) in [4.78, 5) is 2.65.